The minimum absolute atomic E-state index is 0.256. The minimum Gasteiger partial charge on any atom is -0.373 e. The molecule has 1 aromatic carbocycles. The maximum atomic E-state index is 5.92. The molecular weight excluding hydrogens is 290 g/mol. The van der Waals surface area contributed by atoms with Crippen LogP contribution in [0.15, 0.2) is 22.7 Å². The number of nitrogens with one attached hydrogen (secondary N) is 1. The third-order valence-electron chi connectivity index (χ3n) is 3.57. The summed E-state index contributed by atoms with van der Waals surface area (Å²) < 4.78 is 7.09. The van der Waals surface area contributed by atoms with Crippen LogP contribution in [-0.4, -0.2) is 19.7 Å². The minimum atomic E-state index is 0.256. The molecule has 0 radical (unpaired) electrons. The lowest BCUT2D eigenvalue weighted by Crippen LogP contribution is -2.25. The van der Waals surface area contributed by atoms with Crippen LogP contribution in [0.3, 0.4) is 0 Å². The zero-order valence-electron chi connectivity index (χ0n) is 11.2. The summed E-state index contributed by atoms with van der Waals surface area (Å²) in [5.41, 5.74) is 2.57. The molecule has 0 spiro atoms. The van der Waals surface area contributed by atoms with Gasteiger partial charge in [-0.1, -0.05) is 35.0 Å². The van der Waals surface area contributed by atoms with Gasteiger partial charge in [0, 0.05) is 23.5 Å². The van der Waals surface area contributed by atoms with Crippen LogP contribution >= 0.6 is 15.9 Å². The predicted octanol–water partition coefficient (Wildman–Crippen LogP) is 3.83. The highest BCUT2D eigenvalue weighted by Gasteiger charge is 2.29. The van der Waals surface area contributed by atoms with Gasteiger partial charge in [-0.3, -0.25) is 0 Å². The van der Waals surface area contributed by atoms with Gasteiger partial charge >= 0.3 is 0 Å². The molecule has 1 aliphatic rings. The van der Waals surface area contributed by atoms with E-state index in [1.165, 1.54) is 22.0 Å². The fourth-order valence-electron chi connectivity index (χ4n) is 2.46. The first-order valence-electron chi connectivity index (χ1n) is 6.80. The van der Waals surface area contributed by atoms with Gasteiger partial charge in [-0.25, -0.2) is 0 Å². The molecule has 2 atom stereocenters. The molecule has 2 unspecified atom stereocenters. The zero-order valence-corrected chi connectivity index (χ0v) is 12.8. The molecule has 0 aromatic heterocycles. The zero-order chi connectivity index (χ0) is 13.0. The van der Waals surface area contributed by atoms with E-state index in [2.05, 4.69) is 53.3 Å². The highest BCUT2D eigenvalue weighted by molar-refractivity contribution is 9.10. The summed E-state index contributed by atoms with van der Waals surface area (Å²) in [7, 11) is 0. The summed E-state index contributed by atoms with van der Waals surface area (Å²) >= 11 is 3.61. The Morgan fingerprint density at radius 2 is 2.28 bits per heavy atom. The highest BCUT2D eigenvalue weighted by Crippen LogP contribution is 2.35. The number of hydrogen-bond donors (Lipinski definition) is 1. The molecule has 3 heteroatoms. The molecule has 1 saturated heterocycles. The molecule has 1 N–H and O–H groups in total. The van der Waals surface area contributed by atoms with Gasteiger partial charge in [0.05, 0.1) is 6.10 Å². The monoisotopic (exact) mass is 311 g/mol. The van der Waals surface area contributed by atoms with E-state index in [9.17, 15) is 0 Å². The molecule has 0 aliphatic carbocycles. The second-order valence-electron chi connectivity index (χ2n) is 5.05. The van der Waals surface area contributed by atoms with Gasteiger partial charge in [0.15, 0.2) is 0 Å². The highest BCUT2D eigenvalue weighted by atomic mass is 79.9. The molecular formula is C15H22BrNO. The van der Waals surface area contributed by atoms with E-state index < -0.39 is 0 Å². The Balaban J connectivity index is 2.03. The molecule has 1 fully saturated rings. The average Bonchev–Trinajstić information content (AvgIpc) is 2.81. The average molecular weight is 312 g/mol. The largest absolute Gasteiger partial charge is 0.373 e. The van der Waals surface area contributed by atoms with E-state index in [-0.39, 0.29) is 6.10 Å². The maximum absolute atomic E-state index is 5.92. The standard InChI is InChI=1S/C15H22BrNO/c1-3-7-17-10-13-6-8-18-15(13)12-5-4-11(2)14(16)9-12/h4-5,9,13,15,17H,3,6-8,10H2,1-2H3. The second kappa shape index (κ2) is 6.69. The number of hydrogen-bond acceptors (Lipinski definition) is 2. The summed E-state index contributed by atoms with van der Waals surface area (Å²) in [5.74, 6) is 0.603. The Hall–Kier alpha value is -0.380. The smallest absolute Gasteiger partial charge is 0.0866 e. The number of aryl methyl sites for hydroxylation is 1. The Kier molecular flexibility index (Phi) is 5.22. The van der Waals surface area contributed by atoms with Crippen molar-refractivity contribution in [2.24, 2.45) is 5.92 Å². The summed E-state index contributed by atoms with van der Waals surface area (Å²) in [6, 6.07) is 6.57. The van der Waals surface area contributed by atoms with Crippen LogP contribution in [0.1, 0.15) is 37.0 Å². The number of benzene rings is 1. The molecule has 0 amide bonds. The van der Waals surface area contributed by atoms with Crippen LogP contribution in [0.5, 0.6) is 0 Å². The van der Waals surface area contributed by atoms with Crippen LogP contribution < -0.4 is 5.32 Å². The molecule has 2 nitrogen and oxygen atoms in total. The van der Waals surface area contributed by atoms with E-state index in [4.69, 9.17) is 4.74 Å². The van der Waals surface area contributed by atoms with Crippen molar-refractivity contribution >= 4 is 15.9 Å². The SMILES string of the molecule is CCCNCC1CCOC1c1ccc(C)c(Br)c1. The van der Waals surface area contributed by atoms with E-state index in [1.54, 1.807) is 0 Å². The Morgan fingerprint density at radius 3 is 3.00 bits per heavy atom. The topological polar surface area (TPSA) is 21.3 Å². The lowest BCUT2D eigenvalue weighted by atomic mass is 9.94. The van der Waals surface area contributed by atoms with Crippen molar-refractivity contribution in [1.82, 2.24) is 5.32 Å². The van der Waals surface area contributed by atoms with Crippen LogP contribution in [0.4, 0.5) is 0 Å². The van der Waals surface area contributed by atoms with E-state index >= 15 is 0 Å². The van der Waals surface area contributed by atoms with Gasteiger partial charge in [0.1, 0.15) is 0 Å². The number of rotatable bonds is 5. The summed E-state index contributed by atoms with van der Waals surface area (Å²) in [6.45, 7) is 7.36. The van der Waals surface area contributed by atoms with Gasteiger partial charge in [0.25, 0.3) is 0 Å². The van der Waals surface area contributed by atoms with E-state index in [1.807, 2.05) is 0 Å². The first kappa shape index (κ1) is 14.0. The van der Waals surface area contributed by atoms with Crippen molar-refractivity contribution in [1.29, 1.82) is 0 Å². The van der Waals surface area contributed by atoms with Crippen molar-refractivity contribution in [3.63, 3.8) is 0 Å². The van der Waals surface area contributed by atoms with Crippen molar-refractivity contribution in [3.05, 3.63) is 33.8 Å². The van der Waals surface area contributed by atoms with Crippen LogP contribution in [0.25, 0.3) is 0 Å². The molecule has 0 bridgehead atoms. The first-order chi connectivity index (χ1) is 8.72. The fourth-order valence-corrected chi connectivity index (χ4v) is 2.86. The molecule has 1 aromatic rings. The lowest BCUT2D eigenvalue weighted by molar-refractivity contribution is 0.0905. The molecule has 1 heterocycles. The predicted molar refractivity (Wildman–Crippen MR) is 78.8 cm³/mol. The van der Waals surface area contributed by atoms with Crippen LogP contribution in [0, 0.1) is 12.8 Å². The Morgan fingerprint density at radius 1 is 1.44 bits per heavy atom. The van der Waals surface area contributed by atoms with E-state index in [0.29, 0.717) is 5.92 Å². The van der Waals surface area contributed by atoms with Gasteiger partial charge in [0.2, 0.25) is 0 Å². The fraction of sp³-hybridized carbons (Fsp3) is 0.600. The summed E-state index contributed by atoms with van der Waals surface area (Å²) in [4.78, 5) is 0. The first-order valence-corrected chi connectivity index (χ1v) is 7.60. The van der Waals surface area contributed by atoms with Gasteiger partial charge in [-0.15, -0.1) is 0 Å². The Labute approximate surface area is 118 Å². The Bertz CT molecular complexity index is 394. The molecule has 100 valence electrons. The van der Waals surface area contributed by atoms with Crippen molar-refractivity contribution < 1.29 is 4.74 Å². The third kappa shape index (κ3) is 3.34. The van der Waals surface area contributed by atoms with Crippen LogP contribution in [-0.2, 0) is 4.74 Å². The normalized spacial score (nSPS) is 23.5. The number of halogens is 1. The molecule has 0 saturated carbocycles. The lowest BCUT2D eigenvalue weighted by Gasteiger charge is -2.20. The van der Waals surface area contributed by atoms with Gasteiger partial charge in [-0.2, -0.15) is 0 Å². The van der Waals surface area contributed by atoms with Gasteiger partial charge in [-0.05, 0) is 43.5 Å². The second-order valence-corrected chi connectivity index (χ2v) is 5.91. The van der Waals surface area contributed by atoms with Gasteiger partial charge < -0.3 is 10.1 Å². The van der Waals surface area contributed by atoms with E-state index in [0.717, 1.165) is 26.1 Å². The van der Waals surface area contributed by atoms with Crippen LogP contribution in [0.2, 0.25) is 0 Å². The van der Waals surface area contributed by atoms with Crippen molar-refractivity contribution in [3.8, 4) is 0 Å². The summed E-state index contributed by atoms with van der Waals surface area (Å²) in [6.07, 6.45) is 2.60. The van der Waals surface area contributed by atoms with Crippen molar-refractivity contribution in [2.45, 2.75) is 32.8 Å². The molecule has 1 aliphatic heterocycles. The number of ether oxygens (including phenoxy) is 1. The maximum Gasteiger partial charge on any atom is 0.0866 e. The quantitative estimate of drug-likeness (QED) is 0.834. The molecule has 18 heavy (non-hydrogen) atoms. The van der Waals surface area contributed by atoms with Crippen molar-refractivity contribution in [2.75, 3.05) is 19.7 Å². The third-order valence-corrected chi connectivity index (χ3v) is 4.43. The summed E-state index contributed by atoms with van der Waals surface area (Å²) in [5, 5.41) is 3.51. The molecule has 2 rings (SSSR count).